The lowest BCUT2D eigenvalue weighted by Crippen LogP contribution is -2.51. The molecule has 1 aromatic rings. The third kappa shape index (κ3) is 4.12. The van der Waals surface area contributed by atoms with E-state index < -0.39 is 15.6 Å². The number of nitrogens with one attached hydrogen (secondary N) is 2. The first kappa shape index (κ1) is 16.6. The van der Waals surface area contributed by atoms with Gasteiger partial charge in [0.1, 0.15) is 0 Å². The molecule has 0 aliphatic heterocycles. The SMILES string of the molecule is CC(=O)Nc1nnc(S(=O)(=O)NC2(CCl)CCCCC2)s1. The van der Waals surface area contributed by atoms with Gasteiger partial charge in [0.25, 0.3) is 10.0 Å². The minimum atomic E-state index is -3.79. The Labute approximate surface area is 132 Å². The van der Waals surface area contributed by atoms with Gasteiger partial charge in [-0.25, -0.2) is 13.1 Å². The van der Waals surface area contributed by atoms with E-state index in [0.717, 1.165) is 30.6 Å². The molecule has 7 nitrogen and oxygen atoms in total. The van der Waals surface area contributed by atoms with E-state index in [1.54, 1.807) is 0 Å². The van der Waals surface area contributed by atoms with E-state index >= 15 is 0 Å². The predicted octanol–water partition coefficient (Wildman–Crippen LogP) is 1.72. The first-order chi connectivity index (χ1) is 9.87. The van der Waals surface area contributed by atoms with Crippen molar-refractivity contribution in [3.05, 3.63) is 0 Å². The molecule has 2 rings (SSSR count). The fourth-order valence-electron chi connectivity index (χ4n) is 2.34. The van der Waals surface area contributed by atoms with Gasteiger partial charge in [0.15, 0.2) is 0 Å². The van der Waals surface area contributed by atoms with Gasteiger partial charge in [0.05, 0.1) is 0 Å². The van der Waals surface area contributed by atoms with Crippen LogP contribution in [0.1, 0.15) is 39.0 Å². The highest BCUT2D eigenvalue weighted by atomic mass is 35.5. The summed E-state index contributed by atoms with van der Waals surface area (Å²) in [6.45, 7) is 1.32. The normalized spacial score (nSPS) is 18.4. The lowest BCUT2D eigenvalue weighted by Gasteiger charge is -2.35. The van der Waals surface area contributed by atoms with Crippen LogP contribution in [0.4, 0.5) is 5.13 Å². The van der Waals surface area contributed by atoms with Crippen molar-refractivity contribution < 1.29 is 13.2 Å². The molecule has 2 N–H and O–H groups in total. The second-order valence-corrected chi connectivity index (χ2v) is 8.24. The second kappa shape index (κ2) is 6.55. The lowest BCUT2D eigenvalue weighted by molar-refractivity contribution is -0.114. The number of rotatable bonds is 5. The van der Waals surface area contributed by atoms with Crippen LogP contribution >= 0.6 is 22.9 Å². The molecule has 118 valence electrons. The van der Waals surface area contributed by atoms with Crippen molar-refractivity contribution in [1.82, 2.24) is 14.9 Å². The highest BCUT2D eigenvalue weighted by Crippen LogP contribution is 2.31. The van der Waals surface area contributed by atoms with Crippen molar-refractivity contribution in [2.24, 2.45) is 0 Å². The van der Waals surface area contributed by atoms with Crippen LogP contribution in [0.3, 0.4) is 0 Å². The summed E-state index contributed by atoms with van der Waals surface area (Å²) in [4.78, 5) is 10.9. The molecule has 0 bridgehead atoms. The summed E-state index contributed by atoms with van der Waals surface area (Å²) in [6, 6.07) is 0. The van der Waals surface area contributed by atoms with E-state index in [1.807, 2.05) is 0 Å². The molecule has 1 aliphatic rings. The summed E-state index contributed by atoms with van der Waals surface area (Å²) in [5.74, 6) is -0.101. The lowest BCUT2D eigenvalue weighted by atomic mass is 9.84. The molecule has 0 spiro atoms. The van der Waals surface area contributed by atoms with Crippen LogP contribution in [0.5, 0.6) is 0 Å². The minimum absolute atomic E-state index is 0.159. The van der Waals surface area contributed by atoms with E-state index in [2.05, 4.69) is 20.2 Å². The summed E-state index contributed by atoms with van der Waals surface area (Å²) in [5.41, 5.74) is -0.613. The van der Waals surface area contributed by atoms with Crippen molar-refractivity contribution in [3.63, 3.8) is 0 Å². The van der Waals surface area contributed by atoms with Gasteiger partial charge >= 0.3 is 0 Å². The molecule has 1 aromatic heterocycles. The maximum atomic E-state index is 12.4. The first-order valence-electron chi connectivity index (χ1n) is 6.58. The van der Waals surface area contributed by atoms with Crippen molar-refractivity contribution in [2.45, 2.75) is 48.9 Å². The molecule has 0 aromatic carbocycles. The largest absolute Gasteiger partial charge is 0.301 e. The number of aromatic nitrogens is 2. The van der Waals surface area contributed by atoms with Gasteiger partial charge in [-0.15, -0.1) is 21.8 Å². The molecular formula is C11H17ClN4O3S2. The number of amides is 1. The summed E-state index contributed by atoms with van der Waals surface area (Å²) >= 11 is 6.81. The van der Waals surface area contributed by atoms with Gasteiger partial charge < -0.3 is 5.32 Å². The molecule has 0 unspecified atom stereocenters. The zero-order chi connectivity index (χ0) is 15.5. The second-order valence-electron chi connectivity index (χ2n) is 5.13. The molecule has 1 amide bonds. The van der Waals surface area contributed by atoms with Gasteiger partial charge in [-0.05, 0) is 12.8 Å². The Kier molecular flexibility index (Phi) is 5.18. The number of sulfonamides is 1. The smallest absolute Gasteiger partial charge is 0.270 e. The Morgan fingerprint density at radius 3 is 2.57 bits per heavy atom. The number of halogens is 1. The van der Waals surface area contributed by atoms with Gasteiger partial charge in [0.2, 0.25) is 15.4 Å². The third-order valence-electron chi connectivity index (χ3n) is 3.34. The fourth-order valence-corrected chi connectivity index (χ4v) is 5.16. The number of anilines is 1. The summed E-state index contributed by atoms with van der Waals surface area (Å²) in [7, 11) is -3.79. The molecule has 0 radical (unpaired) electrons. The fraction of sp³-hybridized carbons (Fsp3) is 0.727. The molecular weight excluding hydrogens is 336 g/mol. The summed E-state index contributed by atoms with van der Waals surface area (Å²) in [5, 5.41) is 9.85. The van der Waals surface area contributed by atoms with Crippen LogP contribution in [0.25, 0.3) is 0 Å². The van der Waals surface area contributed by atoms with Crippen LogP contribution in [0.2, 0.25) is 0 Å². The molecule has 0 atom stereocenters. The van der Waals surface area contributed by atoms with Gasteiger partial charge in [-0.2, -0.15) is 0 Å². The molecule has 21 heavy (non-hydrogen) atoms. The summed E-state index contributed by atoms with van der Waals surface area (Å²) < 4.78 is 27.3. The van der Waals surface area contributed by atoms with E-state index in [4.69, 9.17) is 11.6 Å². The van der Waals surface area contributed by atoms with Crippen LogP contribution in [0.15, 0.2) is 4.34 Å². The molecule has 1 aliphatic carbocycles. The number of alkyl halides is 1. The zero-order valence-electron chi connectivity index (χ0n) is 11.6. The zero-order valence-corrected chi connectivity index (χ0v) is 13.9. The molecule has 0 saturated heterocycles. The average Bonchev–Trinajstić information content (AvgIpc) is 2.88. The van der Waals surface area contributed by atoms with Crippen molar-refractivity contribution >= 4 is 44.0 Å². The Morgan fingerprint density at radius 2 is 2.00 bits per heavy atom. The number of nitrogens with zero attached hydrogens (tertiary/aromatic N) is 2. The number of carbonyl (C=O) groups is 1. The van der Waals surface area contributed by atoms with Crippen LogP contribution in [-0.4, -0.2) is 35.9 Å². The monoisotopic (exact) mass is 352 g/mol. The van der Waals surface area contributed by atoms with Gasteiger partial charge in [0, 0.05) is 18.3 Å². The molecule has 1 saturated carbocycles. The van der Waals surface area contributed by atoms with Crippen molar-refractivity contribution in [2.75, 3.05) is 11.2 Å². The van der Waals surface area contributed by atoms with Gasteiger partial charge in [-0.1, -0.05) is 30.6 Å². The van der Waals surface area contributed by atoms with Crippen LogP contribution in [-0.2, 0) is 14.8 Å². The number of hydrogen-bond acceptors (Lipinski definition) is 6. The van der Waals surface area contributed by atoms with Crippen molar-refractivity contribution in [1.29, 1.82) is 0 Å². The standard InChI is InChI=1S/C11H17ClN4O3S2/c1-8(17)13-9-14-15-10(20-9)21(18,19)16-11(7-12)5-3-2-4-6-11/h16H,2-7H2,1H3,(H,13,14,17). The molecule has 1 fully saturated rings. The molecule has 1 heterocycles. The average molecular weight is 353 g/mol. The minimum Gasteiger partial charge on any atom is -0.301 e. The quantitative estimate of drug-likeness (QED) is 0.620. The van der Waals surface area contributed by atoms with E-state index in [1.165, 1.54) is 6.92 Å². The topological polar surface area (TPSA) is 101 Å². The highest BCUT2D eigenvalue weighted by molar-refractivity contribution is 7.91. The Morgan fingerprint density at radius 1 is 1.33 bits per heavy atom. The Bertz CT molecular complexity index is 611. The highest BCUT2D eigenvalue weighted by Gasteiger charge is 2.37. The van der Waals surface area contributed by atoms with E-state index in [0.29, 0.717) is 12.8 Å². The Balaban J connectivity index is 2.17. The Hall–Kier alpha value is -0.770. The maximum absolute atomic E-state index is 12.4. The number of hydrogen-bond donors (Lipinski definition) is 2. The first-order valence-corrected chi connectivity index (χ1v) is 9.41. The third-order valence-corrected chi connectivity index (χ3v) is 6.63. The predicted molar refractivity (Wildman–Crippen MR) is 81.1 cm³/mol. The van der Waals surface area contributed by atoms with E-state index in [9.17, 15) is 13.2 Å². The van der Waals surface area contributed by atoms with Crippen LogP contribution in [0, 0.1) is 0 Å². The van der Waals surface area contributed by atoms with Gasteiger partial charge in [-0.3, -0.25) is 4.79 Å². The van der Waals surface area contributed by atoms with E-state index in [-0.39, 0.29) is 21.3 Å². The van der Waals surface area contributed by atoms with Crippen molar-refractivity contribution in [3.8, 4) is 0 Å². The number of carbonyl (C=O) groups excluding carboxylic acids is 1. The van der Waals surface area contributed by atoms with Crippen LogP contribution < -0.4 is 10.0 Å². The maximum Gasteiger partial charge on any atom is 0.270 e. The molecule has 10 heteroatoms. The summed E-state index contributed by atoms with van der Waals surface area (Å²) in [6.07, 6.45) is 4.41.